The fourth-order valence-electron chi connectivity index (χ4n) is 3.20. The molecule has 9 heteroatoms. The molecule has 0 aliphatic rings. The summed E-state index contributed by atoms with van der Waals surface area (Å²) in [4.78, 5) is 22.2. The molecule has 1 amide bonds. The van der Waals surface area contributed by atoms with E-state index in [1.54, 1.807) is 17.0 Å². The number of thiazole rings is 1. The normalized spacial score (nSPS) is 11.5. The van der Waals surface area contributed by atoms with E-state index in [2.05, 4.69) is 24.8 Å². The van der Waals surface area contributed by atoms with Crippen molar-refractivity contribution >= 4 is 54.8 Å². The molecule has 2 aromatic carbocycles. The number of benzene rings is 2. The van der Waals surface area contributed by atoms with E-state index >= 15 is 0 Å². The van der Waals surface area contributed by atoms with Gasteiger partial charge in [-0.25, -0.2) is 13.4 Å². The summed E-state index contributed by atoms with van der Waals surface area (Å²) in [6.07, 6.45) is 1.16. The van der Waals surface area contributed by atoms with Gasteiger partial charge in [-0.2, -0.15) is 0 Å². The first-order valence-electron chi connectivity index (χ1n) is 9.94. The first-order chi connectivity index (χ1) is 14.2. The maximum absolute atomic E-state index is 13.4. The second-order valence-electron chi connectivity index (χ2n) is 7.25. The Kier molecular flexibility index (Phi) is 8.59. The first kappa shape index (κ1) is 25.3. The van der Waals surface area contributed by atoms with Gasteiger partial charge in [0.2, 0.25) is 0 Å². The summed E-state index contributed by atoms with van der Waals surface area (Å²) in [5.41, 5.74) is 2.46. The molecule has 3 aromatic rings. The predicted molar refractivity (Wildman–Crippen MR) is 131 cm³/mol. The molecule has 0 aliphatic heterocycles. The minimum absolute atomic E-state index is 0. The molecule has 0 saturated heterocycles. The number of anilines is 1. The number of rotatable bonds is 8. The second kappa shape index (κ2) is 10.5. The van der Waals surface area contributed by atoms with Gasteiger partial charge in [-0.05, 0) is 62.0 Å². The van der Waals surface area contributed by atoms with Gasteiger partial charge in [0.1, 0.15) is 0 Å². The summed E-state index contributed by atoms with van der Waals surface area (Å²) in [6, 6.07) is 12.2. The minimum atomic E-state index is -3.31. The predicted octanol–water partition coefficient (Wildman–Crippen LogP) is 4.42. The molecule has 6 nitrogen and oxygen atoms in total. The number of fused-ring (bicyclic) bond motifs is 1. The van der Waals surface area contributed by atoms with E-state index in [1.165, 1.54) is 23.5 Å². The molecule has 0 aliphatic carbocycles. The molecule has 0 bridgehead atoms. The number of carbonyl (C=O) groups is 1. The monoisotopic (exact) mass is 481 g/mol. The van der Waals surface area contributed by atoms with Gasteiger partial charge in [-0.3, -0.25) is 9.69 Å². The van der Waals surface area contributed by atoms with Gasteiger partial charge < -0.3 is 4.90 Å². The summed E-state index contributed by atoms with van der Waals surface area (Å²) in [5.74, 6) is -0.182. The van der Waals surface area contributed by atoms with Crippen molar-refractivity contribution in [3.8, 4) is 0 Å². The molecular weight excluding hydrogens is 454 g/mol. The number of halogens is 1. The van der Waals surface area contributed by atoms with Gasteiger partial charge in [0, 0.05) is 24.9 Å². The lowest BCUT2D eigenvalue weighted by molar-refractivity contribution is 0.0983. The van der Waals surface area contributed by atoms with Crippen molar-refractivity contribution < 1.29 is 13.2 Å². The maximum Gasteiger partial charge on any atom is 0.260 e. The average Bonchev–Trinajstić information content (AvgIpc) is 3.13. The highest BCUT2D eigenvalue weighted by atomic mass is 35.5. The fourth-order valence-corrected chi connectivity index (χ4v) is 4.92. The molecule has 0 unspecified atom stereocenters. The third-order valence-corrected chi connectivity index (χ3v) is 7.24. The van der Waals surface area contributed by atoms with Crippen molar-refractivity contribution in [2.24, 2.45) is 0 Å². The quantitative estimate of drug-likeness (QED) is 0.476. The highest BCUT2D eigenvalue weighted by Gasteiger charge is 2.22. The first-order valence-corrected chi connectivity index (χ1v) is 12.6. The second-order valence-corrected chi connectivity index (χ2v) is 10.3. The van der Waals surface area contributed by atoms with Crippen LogP contribution in [0.5, 0.6) is 0 Å². The Bertz CT molecular complexity index is 1140. The number of hydrogen-bond donors (Lipinski definition) is 0. The lowest BCUT2D eigenvalue weighted by Gasteiger charge is -2.24. The Hall–Kier alpha value is -2.00. The van der Waals surface area contributed by atoms with Crippen molar-refractivity contribution in [3.63, 3.8) is 0 Å². The Morgan fingerprint density at radius 3 is 2.26 bits per heavy atom. The Labute approximate surface area is 194 Å². The Morgan fingerprint density at radius 2 is 1.68 bits per heavy atom. The topological polar surface area (TPSA) is 70.6 Å². The molecule has 0 atom stereocenters. The van der Waals surface area contributed by atoms with Crippen molar-refractivity contribution in [1.82, 2.24) is 9.88 Å². The van der Waals surface area contributed by atoms with Crippen molar-refractivity contribution in [1.29, 1.82) is 0 Å². The van der Waals surface area contributed by atoms with Crippen molar-refractivity contribution in [3.05, 3.63) is 53.6 Å². The highest BCUT2D eigenvalue weighted by Crippen LogP contribution is 2.30. The van der Waals surface area contributed by atoms with Crippen LogP contribution < -0.4 is 4.90 Å². The van der Waals surface area contributed by atoms with Crippen LogP contribution in [0.4, 0.5) is 5.13 Å². The van der Waals surface area contributed by atoms with E-state index in [0.717, 1.165) is 41.7 Å². The fraction of sp³-hybridized carbons (Fsp3) is 0.364. The molecule has 0 N–H and O–H groups in total. The lowest BCUT2D eigenvalue weighted by atomic mass is 10.2. The van der Waals surface area contributed by atoms with Gasteiger partial charge >= 0.3 is 0 Å². The minimum Gasteiger partial charge on any atom is -0.302 e. The smallest absolute Gasteiger partial charge is 0.260 e. The molecule has 3 rings (SSSR count). The van der Waals surface area contributed by atoms with Crippen LogP contribution in [-0.2, 0) is 9.84 Å². The van der Waals surface area contributed by atoms with E-state index < -0.39 is 9.84 Å². The molecule has 0 saturated carbocycles. The number of aryl methyl sites for hydroxylation is 1. The molecule has 1 aromatic heterocycles. The maximum atomic E-state index is 13.4. The summed E-state index contributed by atoms with van der Waals surface area (Å²) >= 11 is 1.50. The van der Waals surface area contributed by atoms with Gasteiger partial charge in [0.25, 0.3) is 5.91 Å². The number of carbonyl (C=O) groups excluding carboxylic acids is 1. The highest BCUT2D eigenvalue weighted by molar-refractivity contribution is 7.90. The zero-order chi connectivity index (χ0) is 21.9. The summed E-state index contributed by atoms with van der Waals surface area (Å²) < 4.78 is 24.5. The standard InChI is InChI=1S/C22H27N3O3S2.ClH/c1-5-24(6-2)13-14-25(22-23-19-12-7-16(3)15-20(19)29-22)21(26)17-8-10-18(11-9-17)30(4,27)28;/h7-12,15H,5-6,13-14H2,1-4H3;1H. The van der Waals surface area contributed by atoms with Crippen LogP contribution in [-0.4, -0.2) is 56.6 Å². The van der Waals surface area contributed by atoms with E-state index in [1.807, 2.05) is 19.1 Å². The van der Waals surface area contributed by atoms with Crippen molar-refractivity contribution in [2.75, 3.05) is 37.3 Å². The van der Waals surface area contributed by atoms with Gasteiger partial charge in [0.15, 0.2) is 15.0 Å². The van der Waals surface area contributed by atoms with Crippen LogP contribution in [0, 0.1) is 6.92 Å². The zero-order valence-electron chi connectivity index (χ0n) is 18.2. The van der Waals surface area contributed by atoms with Crippen LogP contribution in [0.25, 0.3) is 10.2 Å². The number of hydrogen-bond acceptors (Lipinski definition) is 6. The summed E-state index contributed by atoms with van der Waals surface area (Å²) in [6.45, 7) is 9.27. The van der Waals surface area contributed by atoms with Crippen LogP contribution in [0.1, 0.15) is 29.8 Å². The molecule has 31 heavy (non-hydrogen) atoms. The van der Waals surface area contributed by atoms with E-state index in [-0.39, 0.29) is 23.2 Å². The van der Waals surface area contributed by atoms with Crippen LogP contribution >= 0.6 is 23.7 Å². The van der Waals surface area contributed by atoms with E-state index in [0.29, 0.717) is 17.2 Å². The molecule has 0 radical (unpaired) electrons. The zero-order valence-corrected chi connectivity index (χ0v) is 20.6. The third-order valence-electron chi connectivity index (χ3n) is 5.07. The molecule has 0 fully saturated rings. The van der Waals surface area contributed by atoms with Gasteiger partial charge in [0.05, 0.1) is 15.1 Å². The number of aromatic nitrogens is 1. The lowest BCUT2D eigenvalue weighted by Crippen LogP contribution is -2.38. The van der Waals surface area contributed by atoms with Crippen LogP contribution in [0.3, 0.4) is 0 Å². The average molecular weight is 482 g/mol. The Morgan fingerprint density at radius 1 is 1.03 bits per heavy atom. The summed E-state index contributed by atoms with van der Waals surface area (Å²) in [5, 5.41) is 0.653. The van der Waals surface area contributed by atoms with Crippen LogP contribution in [0.2, 0.25) is 0 Å². The third kappa shape index (κ3) is 6.04. The van der Waals surface area contributed by atoms with E-state index in [4.69, 9.17) is 4.98 Å². The Balaban J connectivity index is 0.00000341. The molecule has 1 heterocycles. The number of sulfone groups is 1. The molecule has 0 spiro atoms. The summed E-state index contributed by atoms with van der Waals surface area (Å²) in [7, 11) is -3.31. The van der Waals surface area contributed by atoms with Crippen molar-refractivity contribution in [2.45, 2.75) is 25.7 Å². The van der Waals surface area contributed by atoms with E-state index in [9.17, 15) is 13.2 Å². The number of amides is 1. The molecule has 168 valence electrons. The van der Waals surface area contributed by atoms with Gasteiger partial charge in [-0.1, -0.05) is 31.3 Å². The SMILES string of the molecule is CCN(CC)CCN(C(=O)c1ccc(S(C)(=O)=O)cc1)c1nc2ccc(C)cc2s1.Cl. The largest absolute Gasteiger partial charge is 0.302 e. The van der Waals surface area contributed by atoms with Gasteiger partial charge in [-0.15, -0.1) is 12.4 Å². The van der Waals surface area contributed by atoms with Crippen LogP contribution in [0.15, 0.2) is 47.4 Å². The number of nitrogens with zero attached hydrogens (tertiary/aromatic N) is 3. The number of likely N-dealkylation sites (N-methyl/N-ethyl adjacent to an activating group) is 1. The molecular formula is C22H28ClN3O3S2.